The number of para-hydroxylation sites is 1. The van der Waals surface area contributed by atoms with Crippen LogP contribution < -0.4 is 10.2 Å². The second-order valence-electron chi connectivity index (χ2n) is 8.19. The van der Waals surface area contributed by atoms with E-state index in [9.17, 15) is 19.5 Å². The van der Waals surface area contributed by atoms with Crippen molar-refractivity contribution in [2.75, 3.05) is 18.0 Å². The first-order valence-electron chi connectivity index (χ1n) is 10.2. The number of rotatable bonds is 4. The largest absolute Gasteiger partial charge is 0.389 e. The maximum absolute atomic E-state index is 12.7. The van der Waals surface area contributed by atoms with Crippen LogP contribution in [-0.2, 0) is 9.59 Å². The van der Waals surface area contributed by atoms with E-state index >= 15 is 0 Å². The summed E-state index contributed by atoms with van der Waals surface area (Å²) in [5.74, 6) is -0.169. The Morgan fingerprint density at radius 3 is 2.75 bits per heavy atom. The van der Waals surface area contributed by atoms with Crippen molar-refractivity contribution in [1.82, 2.24) is 10.2 Å². The van der Waals surface area contributed by atoms with Gasteiger partial charge in [0.15, 0.2) is 0 Å². The second-order valence-corrected chi connectivity index (χ2v) is 8.19. The van der Waals surface area contributed by atoms with Crippen molar-refractivity contribution in [2.45, 2.75) is 56.6 Å². The summed E-state index contributed by atoms with van der Waals surface area (Å²) < 4.78 is 0. The van der Waals surface area contributed by atoms with E-state index in [4.69, 9.17) is 0 Å². The molecule has 4 rings (SSSR count). The molecule has 3 fully saturated rings. The van der Waals surface area contributed by atoms with Crippen molar-refractivity contribution in [3.8, 4) is 0 Å². The number of likely N-dealkylation sites (tertiary alicyclic amines) is 1. The van der Waals surface area contributed by atoms with Crippen LogP contribution in [0.1, 0.15) is 44.9 Å². The van der Waals surface area contributed by atoms with Crippen LogP contribution in [0.2, 0.25) is 0 Å². The van der Waals surface area contributed by atoms with Gasteiger partial charge in [0.25, 0.3) is 5.91 Å². The molecular weight excluding hydrogens is 358 g/mol. The van der Waals surface area contributed by atoms with Gasteiger partial charge in [0.05, 0.1) is 11.3 Å². The van der Waals surface area contributed by atoms with Gasteiger partial charge in [-0.2, -0.15) is 0 Å². The molecule has 7 heteroatoms. The predicted molar refractivity (Wildman–Crippen MR) is 104 cm³/mol. The van der Waals surface area contributed by atoms with Crippen molar-refractivity contribution in [3.63, 3.8) is 0 Å². The van der Waals surface area contributed by atoms with Crippen molar-refractivity contribution in [1.29, 1.82) is 0 Å². The number of hydrogen-bond acceptors (Lipinski definition) is 4. The monoisotopic (exact) mass is 385 g/mol. The van der Waals surface area contributed by atoms with Crippen LogP contribution >= 0.6 is 0 Å². The third-order valence-electron chi connectivity index (χ3n) is 6.46. The molecule has 2 heterocycles. The molecule has 2 saturated heterocycles. The quantitative estimate of drug-likeness (QED) is 0.776. The summed E-state index contributed by atoms with van der Waals surface area (Å²) in [5, 5.41) is 13.4. The van der Waals surface area contributed by atoms with E-state index in [0.29, 0.717) is 25.2 Å². The molecule has 0 spiro atoms. The average molecular weight is 385 g/mol. The summed E-state index contributed by atoms with van der Waals surface area (Å²) in [6.45, 7) is 1.16. The number of imide groups is 1. The van der Waals surface area contributed by atoms with Crippen LogP contribution in [0.5, 0.6) is 0 Å². The number of hydrogen-bond donors (Lipinski definition) is 2. The molecule has 150 valence electrons. The van der Waals surface area contributed by atoms with Gasteiger partial charge in [0.1, 0.15) is 6.04 Å². The molecule has 1 aliphatic carbocycles. The molecule has 4 amide bonds. The highest BCUT2D eigenvalue weighted by Gasteiger charge is 2.44. The number of nitrogens with zero attached hydrogens (tertiary/aromatic N) is 2. The Morgan fingerprint density at radius 1 is 1.18 bits per heavy atom. The van der Waals surface area contributed by atoms with Crippen molar-refractivity contribution < 1.29 is 19.5 Å². The first-order valence-corrected chi connectivity index (χ1v) is 10.2. The lowest BCUT2D eigenvalue weighted by Gasteiger charge is -2.47. The minimum Gasteiger partial charge on any atom is -0.389 e. The fraction of sp³-hybridized carbons (Fsp3) is 0.571. The number of nitrogens with one attached hydrogen (secondary N) is 1. The topological polar surface area (TPSA) is 90.0 Å². The molecule has 2 N–H and O–H groups in total. The zero-order chi connectivity index (χ0) is 19.7. The van der Waals surface area contributed by atoms with Crippen molar-refractivity contribution in [3.05, 3.63) is 30.3 Å². The number of piperidine rings is 1. The normalized spacial score (nSPS) is 30.2. The molecule has 0 bridgehead atoms. The summed E-state index contributed by atoms with van der Waals surface area (Å²) >= 11 is 0. The van der Waals surface area contributed by atoms with Gasteiger partial charge in [0, 0.05) is 25.4 Å². The molecule has 0 radical (unpaired) electrons. The molecule has 1 aromatic carbocycles. The third-order valence-corrected chi connectivity index (χ3v) is 6.46. The standard InChI is InChI=1S/C21H27N3O4/c25-18(23-13-12-21(28)11-5-4-6-15(21)14-23)10-9-17-19(26)24(20(27)22-17)16-7-2-1-3-8-16/h1-3,7-8,15,17,28H,4-6,9-14H2,(H,22,27). The highest BCUT2D eigenvalue weighted by molar-refractivity contribution is 6.21. The molecular formula is C21H27N3O4. The lowest BCUT2D eigenvalue weighted by molar-refractivity contribution is -0.143. The van der Waals surface area contributed by atoms with Gasteiger partial charge >= 0.3 is 6.03 Å². The van der Waals surface area contributed by atoms with Gasteiger partial charge < -0.3 is 15.3 Å². The zero-order valence-corrected chi connectivity index (χ0v) is 16.0. The van der Waals surface area contributed by atoms with Crippen LogP contribution in [0.4, 0.5) is 10.5 Å². The number of urea groups is 1. The number of aliphatic hydroxyl groups is 1. The van der Waals surface area contributed by atoms with E-state index < -0.39 is 17.7 Å². The Morgan fingerprint density at radius 2 is 1.96 bits per heavy atom. The molecule has 0 aromatic heterocycles. The first-order chi connectivity index (χ1) is 13.5. The van der Waals surface area contributed by atoms with Crippen molar-refractivity contribution in [2.24, 2.45) is 5.92 Å². The van der Waals surface area contributed by atoms with E-state index in [2.05, 4.69) is 5.32 Å². The Balaban J connectivity index is 1.33. The van der Waals surface area contributed by atoms with Crippen molar-refractivity contribution >= 4 is 23.5 Å². The number of anilines is 1. The fourth-order valence-corrected chi connectivity index (χ4v) is 4.77. The minimum absolute atomic E-state index is 0.00664. The number of benzene rings is 1. The minimum atomic E-state index is -0.673. The van der Waals surface area contributed by atoms with Crippen LogP contribution in [0.15, 0.2) is 30.3 Å². The third kappa shape index (κ3) is 3.51. The molecule has 28 heavy (non-hydrogen) atoms. The fourth-order valence-electron chi connectivity index (χ4n) is 4.77. The Kier molecular flexibility index (Phi) is 5.10. The summed E-state index contributed by atoms with van der Waals surface area (Å²) in [6, 6.07) is 7.68. The van der Waals surface area contributed by atoms with Gasteiger partial charge in [-0.1, -0.05) is 31.0 Å². The summed E-state index contributed by atoms with van der Waals surface area (Å²) in [5.41, 5.74) is -0.0768. The van der Waals surface area contributed by atoms with Gasteiger partial charge in [-0.3, -0.25) is 9.59 Å². The van der Waals surface area contributed by atoms with E-state index in [0.717, 1.165) is 30.6 Å². The molecule has 1 saturated carbocycles. The molecule has 7 nitrogen and oxygen atoms in total. The smallest absolute Gasteiger partial charge is 0.329 e. The van der Waals surface area contributed by atoms with E-state index in [-0.39, 0.29) is 30.6 Å². The number of fused-ring (bicyclic) bond motifs is 1. The molecule has 1 aromatic rings. The van der Waals surface area contributed by atoms with Gasteiger partial charge in [-0.25, -0.2) is 9.69 Å². The van der Waals surface area contributed by atoms with E-state index in [1.54, 1.807) is 24.3 Å². The Labute approximate surface area is 164 Å². The van der Waals surface area contributed by atoms with E-state index in [1.807, 2.05) is 11.0 Å². The Bertz CT molecular complexity index is 768. The predicted octanol–water partition coefficient (Wildman–Crippen LogP) is 2.05. The zero-order valence-electron chi connectivity index (χ0n) is 16.0. The Hall–Kier alpha value is -2.41. The highest BCUT2D eigenvalue weighted by atomic mass is 16.3. The number of amides is 4. The van der Waals surface area contributed by atoms with Crippen LogP contribution in [-0.4, -0.2) is 52.6 Å². The lowest BCUT2D eigenvalue weighted by atomic mass is 9.71. The lowest BCUT2D eigenvalue weighted by Crippen LogP contribution is -2.54. The highest BCUT2D eigenvalue weighted by Crippen LogP contribution is 2.39. The molecule has 3 aliphatic rings. The maximum atomic E-state index is 12.7. The SMILES string of the molecule is O=C(CCC1NC(=O)N(c2ccccc2)C1=O)N1CCC2(O)CCCCC2C1. The number of carbonyl (C=O) groups is 3. The molecule has 3 atom stereocenters. The second kappa shape index (κ2) is 7.54. The first kappa shape index (κ1) is 18.9. The summed E-state index contributed by atoms with van der Waals surface area (Å²) in [4.78, 5) is 40.5. The molecule has 2 aliphatic heterocycles. The maximum Gasteiger partial charge on any atom is 0.329 e. The van der Waals surface area contributed by atoms with Gasteiger partial charge in [0.2, 0.25) is 5.91 Å². The number of carbonyl (C=O) groups excluding carboxylic acids is 3. The average Bonchev–Trinajstić information content (AvgIpc) is 2.99. The van der Waals surface area contributed by atoms with Crippen LogP contribution in [0.25, 0.3) is 0 Å². The van der Waals surface area contributed by atoms with Gasteiger partial charge in [-0.15, -0.1) is 0 Å². The summed E-state index contributed by atoms with van der Waals surface area (Å²) in [7, 11) is 0. The molecule has 3 unspecified atom stereocenters. The van der Waals surface area contributed by atoms with Crippen LogP contribution in [0.3, 0.4) is 0 Å². The summed E-state index contributed by atoms with van der Waals surface area (Å²) in [6.07, 6.45) is 5.09. The van der Waals surface area contributed by atoms with E-state index in [1.165, 1.54) is 0 Å². The van der Waals surface area contributed by atoms with Crippen LogP contribution in [0, 0.1) is 5.92 Å². The van der Waals surface area contributed by atoms with Gasteiger partial charge in [-0.05, 0) is 37.8 Å².